The van der Waals surface area contributed by atoms with Crippen molar-refractivity contribution < 1.29 is 13.6 Å². The summed E-state index contributed by atoms with van der Waals surface area (Å²) >= 11 is 0. The lowest BCUT2D eigenvalue weighted by Gasteiger charge is -2.17. The number of hydrogen-bond donors (Lipinski definition) is 1. The third-order valence-corrected chi connectivity index (χ3v) is 3.57. The molecule has 126 valence electrons. The van der Waals surface area contributed by atoms with Crippen LogP contribution in [0.3, 0.4) is 0 Å². The van der Waals surface area contributed by atoms with E-state index in [9.17, 15) is 13.6 Å². The first kappa shape index (κ1) is 16.5. The Kier molecular flexibility index (Phi) is 4.65. The number of carbonyl (C=O) groups is 1. The van der Waals surface area contributed by atoms with Gasteiger partial charge in [0.15, 0.2) is 11.5 Å². The van der Waals surface area contributed by atoms with Gasteiger partial charge in [0, 0.05) is 12.7 Å². The van der Waals surface area contributed by atoms with Crippen molar-refractivity contribution >= 4 is 23.1 Å². The van der Waals surface area contributed by atoms with Crippen LogP contribution in [0, 0.1) is 11.6 Å². The Morgan fingerprint density at radius 1 is 0.920 bits per heavy atom. The van der Waals surface area contributed by atoms with Crippen molar-refractivity contribution in [1.29, 1.82) is 0 Å². The smallest absolute Gasteiger partial charge is 0.276 e. The highest BCUT2D eigenvalue weighted by Crippen LogP contribution is 2.21. The Morgan fingerprint density at radius 3 is 2.20 bits per heavy atom. The summed E-state index contributed by atoms with van der Waals surface area (Å²) in [6.45, 7) is 0. The molecule has 0 atom stereocenters. The number of nitrogens with one attached hydrogen (secondary N) is 1. The molecule has 0 unspecified atom stereocenters. The van der Waals surface area contributed by atoms with Gasteiger partial charge in [0.25, 0.3) is 5.91 Å². The second kappa shape index (κ2) is 7.04. The Bertz CT molecular complexity index is 865. The van der Waals surface area contributed by atoms with Crippen LogP contribution in [-0.4, -0.2) is 23.2 Å². The maximum Gasteiger partial charge on any atom is 0.276 e. The minimum atomic E-state index is -0.859. The van der Waals surface area contributed by atoms with Crippen LogP contribution in [0.25, 0.3) is 0 Å². The van der Waals surface area contributed by atoms with Crippen LogP contribution < -0.4 is 10.2 Å². The lowest BCUT2D eigenvalue weighted by Crippen LogP contribution is -2.18. The van der Waals surface area contributed by atoms with Crippen molar-refractivity contribution in [3.05, 3.63) is 78.0 Å². The molecule has 0 aliphatic heterocycles. The Morgan fingerprint density at radius 2 is 1.60 bits per heavy atom. The summed E-state index contributed by atoms with van der Waals surface area (Å²) in [5.41, 5.74) is 0.343. The molecule has 7 heteroatoms. The van der Waals surface area contributed by atoms with E-state index in [0.717, 1.165) is 17.8 Å². The lowest BCUT2D eigenvalue weighted by molar-refractivity contribution is 0.102. The van der Waals surface area contributed by atoms with Crippen LogP contribution in [0.15, 0.2) is 60.7 Å². The van der Waals surface area contributed by atoms with Gasteiger partial charge in [-0.25, -0.2) is 8.78 Å². The molecule has 0 bridgehead atoms. The summed E-state index contributed by atoms with van der Waals surface area (Å²) < 4.78 is 27.2. The summed E-state index contributed by atoms with van der Waals surface area (Å²) in [5.74, 6) is -1.94. The average molecular weight is 340 g/mol. The minimum absolute atomic E-state index is 0.0483. The number of rotatable bonds is 4. The highest BCUT2D eigenvalue weighted by atomic mass is 19.1. The fourth-order valence-corrected chi connectivity index (χ4v) is 2.20. The number of para-hydroxylation sites is 2. The van der Waals surface area contributed by atoms with Gasteiger partial charge in [0.1, 0.15) is 17.3 Å². The number of anilines is 3. The molecule has 0 saturated heterocycles. The second-order valence-electron chi connectivity index (χ2n) is 5.22. The summed E-state index contributed by atoms with van der Waals surface area (Å²) in [7, 11) is 1.81. The zero-order chi connectivity index (χ0) is 17.8. The van der Waals surface area contributed by atoms with Crippen molar-refractivity contribution in [2.24, 2.45) is 0 Å². The van der Waals surface area contributed by atoms with Gasteiger partial charge in [-0.05, 0) is 36.4 Å². The molecule has 1 heterocycles. The number of amides is 1. The molecule has 0 aliphatic carbocycles. The van der Waals surface area contributed by atoms with Crippen LogP contribution in [0.1, 0.15) is 10.5 Å². The average Bonchev–Trinajstić information content (AvgIpc) is 2.65. The third kappa shape index (κ3) is 3.60. The molecule has 3 aromatic rings. The predicted octanol–water partition coefficient (Wildman–Crippen LogP) is 3.78. The molecule has 1 aromatic heterocycles. The molecule has 0 radical (unpaired) electrons. The molecular weight excluding hydrogens is 326 g/mol. The van der Waals surface area contributed by atoms with E-state index in [0.29, 0.717) is 5.82 Å². The van der Waals surface area contributed by atoms with Crippen LogP contribution in [0.5, 0.6) is 0 Å². The number of aromatic nitrogens is 2. The van der Waals surface area contributed by atoms with Crippen LogP contribution in [0.4, 0.5) is 26.0 Å². The first-order valence-electron chi connectivity index (χ1n) is 7.44. The highest BCUT2D eigenvalue weighted by molar-refractivity contribution is 6.02. The monoisotopic (exact) mass is 340 g/mol. The molecule has 3 rings (SSSR count). The van der Waals surface area contributed by atoms with Gasteiger partial charge in [-0.2, -0.15) is 0 Å². The van der Waals surface area contributed by atoms with Crippen molar-refractivity contribution in [3.63, 3.8) is 0 Å². The van der Waals surface area contributed by atoms with E-state index in [1.807, 2.05) is 37.4 Å². The van der Waals surface area contributed by atoms with Crippen molar-refractivity contribution in [3.8, 4) is 0 Å². The molecular formula is C18H14F2N4O. The van der Waals surface area contributed by atoms with Crippen LogP contribution in [-0.2, 0) is 0 Å². The predicted molar refractivity (Wildman–Crippen MR) is 90.8 cm³/mol. The standard InChI is InChI=1S/C18H14F2N4O/c1-24(12-6-3-2-4-7-12)16-11-10-15(22-23-16)18(25)21-17-13(19)8-5-9-14(17)20/h2-11H,1H3,(H,21,25). The topological polar surface area (TPSA) is 58.1 Å². The zero-order valence-electron chi connectivity index (χ0n) is 13.3. The molecule has 0 fully saturated rings. The first-order valence-corrected chi connectivity index (χ1v) is 7.44. The van der Waals surface area contributed by atoms with E-state index >= 15 is 0 Å². The van der Waals surface area contributed by atoms with Gasteiger partial charge in [-0.3, -0.25) is 4.79 Å². The van der Waals surface area contributed by atoms with Gasteiger partial charge in [-0.15, -0.1) is 10.2 Å². The van der Waals surface area contributed by atoms with Gasteiger partial charge < -0.3 is 10.2 Å². The van der Waals surface area contributed by atoms with Crippen molar-refractivity contribution in [2.75, 3.05) is 17.3 Å². The Labute approximate surface area is 142 Å². The molecule has 1 N–H and O–H groups in total. The minimum Gasteiger partial charge on any atom is -0.328 e. The molecule has 25 heavy (non-hydrogen) atoms. The van der Waals surface area contributed by atoms with Crippen molar-refractivity contribution in [1.82, 2.24) is 10.2 Å². The lowest BCUT2D eigenvalue weighted by atomic mass is 10.2. The maximum absolute atomic E-state index is 13.6. The highest BCUT2D eigenvalue weighted by Gasteiger charge is 2.15. The van der Waals surface area contributed by atoms with Gasteiger partial charge in [0.05, 0.1) is 0 Å². The normalized spacial score (nSPS) is 10.4. The SMILES string of the molecule is CN(c1ccccc1)c1ccc(C(=O)Nc2c(F)cccc2F)nn1. The summed E-state index contributed by atoms with van der Waals surface area (Å²) in [5, 5.41) is 9.99. The maximum atomic E-state index is 13.6. The molecule has 0 saturated carbocycles. The summed E-state index contributed by atoms with van der Waals surface area (Å²) in [6, 6.07) is 15.9. The van der Waals surface area contributed by atoms with E-state index in [4.69, 9.17) is 0 Å². The largest absolute Gasteiger partial charge is 0.328 e. The van der Waals surface area contributed by atoms with Gasteiger partial charge in [-0.1, -0.05) is 24.3 Å². The van der Waals surface area contributed by atoms with E-state index in [2.05, 4.69) is 15.5 Å². The zero-order valence-corrected chi connectivity index (χ0v) is 13.3. The molecule has 0 spiro atoms. The van der Waals surface area contributed by atoms with Gasteiger partial charge in [0.2, 0.25) is 0 Å². The quantitative estimate of drug-likeness (QED) is 0.785. The molecule has 5 nitrogen and oxygen atoms in total. The summed E-state index contributed by atoms with van der Waals surface area (Å²) in [4.78, 5) is 13.9. The van der Waals surface area contributed by atoms with Crippen molar-refractivity contribution in [2.45, 2.75) is 0 Å². The number of hydrogen-bond acceptors (Lipinski definition) is 4. The fraction of sp³-hybridized carbons (Fsp3) is 0.0556. The Hall–Kier alpha value is -3.35. The fourth-order valence-electron chi connectivity index (χ4n) is 2.20. The van der Waals surface area contributed by atoms with E-state index in [1.165, 1.54) is 12.1 Å². The number of carbonyl (C=O) groups excluding carboxylic acids is 1. The first-order chi connectivity index (χ1) is 12.1. The van der Waals surface area contributed by atoms with Crippen LogP contribution >= 0.6 is 0 Å². The van der Waals surface area contributed by atoms with E-state index in [1.54, 1.807) is 11.0 Å². The number of nitrogens with zero attached hydrogens (tertiary/aromatic N) is 3. The molecule has 0 aliphatic rings. The van der Waals surface area contributed by atoms with Gasteiger partial charge >= 0.3 is 0 Å². The third-order valence-electron chi connectivity index (χ3n) is 3.57. The van der Waals surface area contributed by atoms with E-state index in [-0.39, 0.29) is 5.69 Å². The Balaban J connectivity index is 1.77. The number of halogens is 2. The van der Waals surface area contributed by atoms with E-state index < -0.39 is 23.2 Å². The molecule has 1 amide bonds. The summed E-state index contributed by atoms with van der Waals surface area (Å²) in [6.07, 6.45) is 0. The second-order valence-corrected chi connectivity index (χ2v) is 5.22. The molecule has 2 aromatic carbocycles. The number of benzene rings is 2. The van der Waals surface area contributed by atoms with Crippen LogP contribution in [0.2, 0.25) is 0 Å².